The van der Waals surface area contributed by atoms with Gasteiger partial charge >= 0.3 is 0 Å². The Morgan fingerprint density at radius 3 is 2.48 bits per heavy atom. The van der Waals surface area contributed by atoms with Crippen molar-refractivity contribution in [2.75, 3.05) is 39.8 Å². The molecule has 4 rings (SSSR count). The molecule has 3 atom stereocenters. The summed E-state index contributed by atoms with van der Waals surface area (Å²) in [7, 11) is 2.15. The normalized spacial score (nSPS) is 28.1. The van der Waals surface area contributed by atoms with Crippen molar-refractivity contribution in [2.24, 2.45) is 0 Å². The number of aromatic nitrogens is 2. The van der Waals surface area contributed by atoms with E-state index in [2.05, 4.69) is 56.4 Å². The van der Waals surface area contributed by atoms with Crippen molar-refractivity contribution in [3.05, 3.63) is 60.2 Å². The molecule has 2 fully saturated rings. The number of nitrogens with zero attached hydrogens (tertiary/aromatic N) is 4. The Hall–Kier alpha value is -2.35. The van der Waals surface area contributed by atoms with E-state index >= 15 is 0 Å². The van der Waals surface area contributed by atoms with Gasteiger partial charge in [0.1, 0.15) is 6.33 Å². The number of carbonyl (C=O) groups is 1. The van der Waals surface area contributed by atoms with Crippen LogP contribution in [0.4, 0.5) is 0 Å². The number of amides is 1. The van der Waals surface area contributed by atoms with Gasteiger partial charge in [-0.2, -0.15) is 0 Å². The third-order valence-corrected chi connectivity index (χ3v) is 7.08. The van der Waals surface area contributed by atoms with Crippen LogP contribution in [0.3, 0.4) is 0 Å². The fraction of sp³-hybridized carbons (Fsp3) is 0.542. The molecule has 166 valence electrons. The average molecular weight is 424 g/mol. The Labute approximate surface area is 184 Å². The number of rotatable bonds is 5. The molecule has 31 heavy (non-hydrogen) atoms. The van der Waals surface area contributed by atoms with Gasteiger partial charge in [-0.15, -0.1) is 0 Å². The summed E-state index contributed by atoms with van der Waals surface area (Å²) in [6.45, 7) is 4.63. The first-order chi connectivity index (χ1) is 15.1. The van der Waals surface area contributed by atoms with Gasteiger partial charge in [-0.3, -0.25) is 9.69 Å². The Bertz CT molecular complexity index is 842. The number of hydrogen-bond donors (Lipinski definition) is 2. The molecule has 0 unspecified atom stereocenters. The van der Waals surface area contributed by atoms with Crippen LogP contribution < -0.4 is 5.32 Å². The standard InChI is InChI=1S/C24H33N5O2/c1-28-11-13-29(14-12-28)21-7-9-24(10-8-22(21)30,20-5-3-2-4-6-20)17-27-23(31)19-15-25-18-26-16-19/h2-6,15-16,18,21-22,30H,7-14,17H2,1H3,(H,27,31)/t21-,22-,24-/m0/s1. The smallest absolute Gasteiger partial charge is 0.254 e. The number of benzene rings is 1. The Balaban J connectivity index is 1.52. The molecule has 1 amide bonds. The highest BCUT2D eigenvalue weighted by atomic mass is 16.3. The highest BCUT2D eigenvalue weighted by molar-refractivity contribution is 5.93. The lowest BCUT2D eigenvalue weighted by atomic mass is 9.74. The van der Waals surface area contributed by atoms with Crippen LogP contribution in [0.2, 0.25) is 0 Å². The number of aliphatic hydroxyl groups is 1. The summed E-state index contributed by atoms with van der Waals surface area (Å²) in [5.74, 6) is -0.156. The van der Waals surface area contributed by atoms with Crippen LogP contribution in [0.25, 0.3) is 0 Å². The van der Waals surface area contributed by atoms with E-state index in [1.165, 1.54) is 24.3 Å². The number of hydrogen-bond acceptors (Lipinski definition) is 6. The summed E-state index contributed by atoms with van der Waals surface area (Å²) >= 11 is 0. The zero-order chi connectivity index (χ0) is 21.7. The molecule has 7 heteroatoms. The fourth-order valence-corrected chi connectivity index (χ4v) is 5.06. The molecule has 2 heterocycles. The van der Waals surface area contributed by atoms with Crippen LogP contribution in [0.15, 0.2) is 49.1 Å². The molecule has 2 aliphatic rings. The largest absolute Gasteiger partial charge is 0.391 e. The van der Waals surface area contributed by atoms with Crippen LogP contribution in [0, 0.1) is 0 Å². The number of nitrogens with one attached hydrogen (secondary N) is 1. The summed E-state index contributed by atoms with van der Waals surface area (Å²) in [5, 5.41) is 14.2. The van der Waals surface area contributed by atoms with Crippen molar-refractivity contribution in [3.8, 4) is 0 Å². The van der Waals surface area contributed by atoms with Gasteiger partial charge in [0.25, 0.3) is 5.91 Å². The van der Waals surface area contributed by atoms with E-state index in [-0.39, 0.29) is 23.5 Å². The Morgan fingerprint density at radius 2 is 1.77 bits per heavy atom. The SMILES string of the molecule is CN1CCN([C@H]2CC[C@](CNC(=O)c3cncnc3)(c3ccccc3)CC[C@@H]2O)CC1. The maximum absolute atomic E-state index is 12.7. The lowest BCUT2D eigenvalue weighted by Gasteiger charge is -2.39. The highest BCUT2D eigenvalue weighted by Crippen LogP contribution is 2.39. The maximum atomic E-state index is 12.7. The number of likely N-dealkylation sites (N-methyl/N-ethyl adjacent to an activating group) is 1. The van der Waals surface area contributed by atoms with E-state index < -0.39 is 0 Å². The molecule has 1 aromatic carbocycles. The minimum Gasteiger partial charge on any atom is -0.391 e. The van der Waals surface area contributed by atoms with Crippen LogP contribution in [0.5, 0.6) is 0 Å². The van der Waals surface area contributed by atoms with Crippen LogP contribution >= 0.6 is 0 Å². The van der Waals surface area contributed by atoms with Crippen molar-refractivity contribution in [3.63, 3.8) is 0 Å². The van der Waals surface area contributed by atoms with Crippen molar-refractivity contribution < 1.29 is 9.90 Å². The minimum atomic E-state index is -0.341. The molecule has 0 radical (unpaired) electrons. The molecule has 2 aromatic rings. The molecule has 2 N–H and O–H groups in total. The van der Waals surface area contributed by atoms with Gasteiger partial charge in [0.05, 0.1) is 11.7 Å². The molecule has 1 aliphatic heterocycles. The first-order valence-electron chi connectivity index (χ1n) is 11.3. The van der Waals surface area contributed by atoms with Gasteiger partial charge in [-0.1, -0.05) is 30.3 Å². The predicted molar refractivity (Wildman–Crippen MR) is 120 cm³/mol. The van der Waals surface area contributed by atoms with E-state index in [1.54, 1.807) is 0 Å². The lowest BCUT2D eigenvalue weighted by molar-refractivity contribution is 0.0200. The second-order valence-corrected chi connectivity index (χ2v) is 9.01. The van der Waals surface area contributed by atoms with Crippen molar-refractivity contribution in [1.82, 2.24) is 25.1 Å². The lowest BCUT2D eigenvalue weighted by Crippen LogP contribution is -2.52. The Morgan fingerprint density at radius 1 is 1.10 bits per heavy atom. The van der Waals surface area contributed by atoms with Gasteiger partial charge in [0.15, 0.2) is 0 Å². The van der Waals surface area contributed by atoms with Crippen molar-refractivity contribution in [1.29, 1.82) is 0 Å². The molecular formula is C24H33N5O2. The topological polar surface area (TPSA) is 81.6 Å². The van der Waals surface area contributed by atoms with E-state index in [9.17, 15) is 9.90 Å². The van der Waals surface area contributed by atoms with Gasteiger partial charge in [-0.25, -0.2) is 9.97 Å². The van der Waals surface area contributed by atoms with E-state index in [4.69, 9.17) is 0 Å². The quantitative estimate of drug-likeness (QED) is 0.713. The number of piperazine rings is 1. The van der Waals surface area contributed by atoms with E-state index in [0.29, 0.717) is 12.1 Å². The van der Waals surface area contributed by atoms with Gasteiger partial charge in [-0.05, 0) is 38.3 Å². The van der Waals surface area contributed by atoms with E-state index in [1.807, 2.05) is 6.07 Å². The molecule has 7 nitrogen and oxygen atoms in total. The number of aliphatic hydroxyl groups excluding tert-OH is 1. The first-order valence-corrected chi connectivity index (χ1v) is 11.3. The fourth-order valence-electron chi connectivity index (χ4n) is 5.06. The van der Waals surface area contributed by atoms with E-state index in [0.717, 1.165) is 51.9 Å². The zero-order valence-electron chi connectivity index (χ0n) is 18.3. The van der Waals surface area contributed by atoms with Crippen molar-refractivity contribution >= 4 is 5.91 Å². The second kappa shape index (κ2) is 9.85. The maximum Gasteiger partial charge on any atom is 0.254 e. The van der Waals surface area contributed by atoms with Gasteiger partial charge in [0.2, 0.25) is 0 Å². The minimum absolute atomic E-state index is 0.156. The monoisotopic (exact) mass is 423 g/mol. The molecule has 1 aliphatic carbocycles. The molecule has 0 spiro atoms. The van der Waals surface area contributed by atoms with Gasteiger partial charge < -0.3 is 15.3 Å². The third kappa shape index (κ3) is 5.11. The van der Waals surface area contributed by atoms with Crippen molar-refractivity contribution in [2.45, 2.75) is 43.2 Å². The predicted octanol–water partition coefficient (Wildman–Crippen LogP) is 1.70. The number of carbonyl (C=O) groups excluding carboxylic acids is 1. The van der Waals surface area contributed by atoms with Gasteiger partial charge in [0, 0.05) is 56.6 Å². The zero-order valence-corrected chi connectivity index (χ0v) is 18.3. The summed E-state index contributed by atoms with van der Waals surface area (Å²) in [6, 6.07) is 10.6. The second-order valence-electron chi connectivity index (χ2n) is 9.01. The summed E-state index contributed by atoms with van der Waals surface area (Å²) < 4.78 is 0. The molecule has 1 saturated heterocycles. The Kier molecular flexibility index (Phi) is 6.95. The van der Waals surface area contributed by atoms with Crippen LogP contribution in [0.1, 0.15) is 41.6 Å². The highest BCUT2D eigenvalue weighted by Gasteiger charge is 2.40. The first kappa shape index (κ1) is 21.9. The summed E-state index contributed by atoms with van der Waals surface area (Å²) in [4.78, 5) is 25.4. The van der Waals surface area contributed by atoms with Crippen LogP contribution in [-0.2, 0) is 5.41 Å². The molecular weight excluding hydrogens is 390 g/mol. The molecule has 1 aromatic heterocycles. The summed E-state index contributed by atoms with van der Waals surface area (Å²) in [5.41, 5.74) is 1.50. The average Bonchev–Trinajstić information content (AvgIpc) is 2.99. The summed E-state index contributed by atoms with van der Waals surface area (Å²) in [6.07, 6.45) is 7.58. The molecule has 0 bridgehead atoms. The van der Waals surface area contributed by atoms with Crippen LogP contribution in [-0.4, -0.2) is 82.7 Å². The third-order valence-electron chi connectivity index (χ3n) is 7.08. The molecule has 1 saturated carbocycles.